The van der Waals surface area contributed by atoms with Crippen LogP contribution in [0.2, 0.25) is 0 Å². The zero-order valence-corrected chi connectivity index (χ0v) is 21.2. The van der Waals surface area contributed by atoms with Gasteiger partial charge in [0.1, 0.15) is 5.75 Å². The molecule has 0 radical (unpaired) electrons. The Bertz CT molecular complexity index is 754. The molecule has 0 N–H and O–H groups in total. The maximum absolute atomic E-state index is 12.9. The van der Waals surface area contributed by atoms with E-state index in [2.05, 4.69) is 38.8 Å². The first-order valence-electron chi connectivity index (χ1n) is 11.4. The number of unbranched alkanes of at least 4 members (excludes halogenated alkanes) is 6. The van der Waals surface area contributed by atoms with E-state index in [1.54, 1.807) is 24.3 Å². The van der Waals surface area contributed by atoms with Gasteiger partial charge in [-0.05, 0) is 43.5 Å². The van der Waals surface area contributed by atoms with Gasteiger partial charge in [-0.25, -0.2) is 0 Å². The molecule has 1 saturated carbocycles. The zero-order chi connectivity index (χ0) is 22.4. The highest BCUT2D eigenvalue weighted by molar-refractivity contribution is 9.12. The summed E-state index contributed by atoms with van der Waals surface area (Å²) in [5.74, 6) is -0.623. The number of ether oxygens (including phenoxy) is 1. The van der Waals surface area contributed by atoms with Crippen LogP contribution in [0.5, 0.6) is 5.75 Å². The Kier molecular flexibility index (Phi) is 9.14. The predicted octanol–water partition coefficient (Wildman–Crippen LogP) is 6.16. The Hall–Kier alpha value is -1.21. The van der Waals surface area contributed by atoms with Gasteiger partial charge in [0.2, 0.25) is 11.8 Å². The fourth-order valence-corrected chi connectivity index (χ4v) is 5.66. The van der Waals surface area contributed by atoms with Crippen molar-refractivity contribution in [1.29, 1.82) is 0 Å². The second-order valence-electron chi connectivity index (χ2n) is 8.57. The number of carbonyl (C=O) groups excluding carboxylic acids is 3. The van der Waals surface area contributed by atoms with Crippen LogP contribution in [0.4, 0.5) is 5.69 Å². The smallest absolute Gasteiger partial charge is 0.311 e. The van der Waals surface area contributed by atoms with Gasteiger partial charge < -0.3 is 4.74 Å². The summed E-state index contributed by atoms with van der Waals surface area (Å²) in [7, 11) is 0. The molecule has 0 spiro atoms. The monoisotopic (exact) mass is 555 g/mol. The van der Waals surface area contributed by atoms with Gasteiger partial charge in [-0.3, -0.25) is 19.3 Å². The lowest BCUT2D eigenvalue weighted by atomic mass is 9.81. The molecule has 5 nitrogen and oxygen atoms in total. The van der Waals surface area contributed by atoms with Gasteiger partial charge in [0.25, 0.3) is 0 Å². The van der Waals surface area contributed by atoms with Gasteiger partial charge in [-0.15, -0.1) is 0 Å². The molecule has 7 heteroatoms. The second kappa shape index (κ2) is 11.6. The molecule has 2 fully saturated rings. The molecule has 1 heterocycles. The van der Waals surface area contributed by atoms with Crippen LogP contribution < -0.4 is 9.64 Å². The van der Waals surface area contributed by atoms with E-state index in [1.807, 2.05) is 0 Å². The van der Waals surface area contributed by atoms with Crippen molar-refractivity contribution in [2.75, 3.05) is 4.90 Å². The third-order valence-electron chi connectivity index (χ3n) is 6.22. The lowest BCUT2D eigenvalue weighted by Crippen LogP contribution is -2.34. The fraction of sp³-hybridized carbons (Fsp3) is 0.625. The van der Waals surface area contributed by atoms with Crippen molar-refractivity contribution in [2.45, 2.75) is 80.8 Å². The van der Waals surface area contributed by atoms with Crippen LogP contribution in [0, 0.1) is 11.8 Å². The number of imide groups is 1. The van der Waals surface area contributed by atoms with Gasteiger partial charge in [-0.2, -0.15) is 0 Å². The Morgan fingerprint density at radius 3 is 1.97 bits per heavy atom. The van der Waals surface area contributed by atoms with Crippen molar-refractivity contribution >= 4 is 55.3 Å². The molecule has 2 aliphatic rings. The van der Waals surface area contributed by atoms with Crippen LogP contribution >= 0.6 is 31.9 Å². The molecule has 0 aromatic heterocycles. The number of carbonyl (C=O) groups is 3. The van der Waals surface area contributed by atoms with Crippen LogP contribution in [0.1, 0.15) is 71.1 Å². The van der Waals surface area contributed by atoms with Crippen LogP contribution in [0.15, 0.2) is 24.3 Å². The molecule has 4 atom stereocenters. The topological polar surface area (TPSA) is 63.7 Å². The number of fused-ring (bicyclic) bond motifs is 1. The molecule has 1 aliphatic heterocycles. The third kappa shape index (κ3) is 6.19. The molecule has 1 aromatic carbocycles. The van der Waals surface area contributed by atoms with E-state index in [1.165, 1.54) is 30.6 Å². The molecule has 3 rings (SSSR count). The van der Waals surface area contributed by atoms with Gasteiger partial charge in [0.15, 0.2) is 0 Å². The molecular weight excluding hydrogens is 526 g/mol. The molecular formula is C24H31Br2NO4. The van der Waals surface area contributed by atoms with E-state index >= 15 is 0 Å². The van der Waals surface area contributed by atoms with Crippen molar-refractivity contribution in [1.82, 2.24) is 0 Å². The number of amides is 2. The van der Waals surface area contributed by atoms with Crippen molar-refractivity contribution in [3.05, 3.63) is 24.3 Å². The van der Waals surface area contributed by atoms with Crippen molar-refractivity contribution < 1.29 is 19.1 Å². The molecule has 1 aliphatic carbocycles. The van der Waals surface area contributed by atoms with Crippen LogP contribution in [-0.4, -0.2) is 27.4 Å². The van der Waals surface area contributed by atoms with Crippen molar-refractivity contribution in [2.24, 2.45) is 11.8 Å². The van der Waals surface area contributed by atoms with Crippen molar-refractivity contribution in [3.63, 3.8) is 0 Å². The quantitative estimate of drug-likeness (QED) is 0.114. The Morgan fingerprint density at radius 1 is 0.903 bits per heavy atom. The van der Waals surface area contributed by atoms with E-state index in [9.17, 15) is 14.4 Å². The lowest BCUT2D eigenvalue weighted by molar-refractivity contribution is -0.134. The standard InChI is InChI=1S/C24H31Br2NO4/c1-2-3-4-5-6-7-8-9-22(28)31-17-12-10-16(11-13-17)27-23(29)18-14-20(25)21(26)15-19(18)24(27)30/h10-13,18-21H,2-9,14-15H2,1H3/t18-,19+,20-,21-/m0/s1. The number of hydrogen-bond acceptors (Lipinski definition) is 4. The van der Waals surface area contributed by atoms with E-state index < -0.39 is 0 Å². The molecule has 170 valence electrons. The minimum atomic E-state index is -0.273. The highest BCUT2D eigenvalue weighted by Gasteiger charge is 2.52. The number of esters is 1. The number of anilines is 1. The van der Waals surface area contributed by atoms with E-state index in [0.717, 1.165) is 19.3 Å². The number of alkyl halides is 2. The highest BCUT2D eigenvalue weighted by Crippen LogP contribution is 2.44. The average molecular weight is 557 g/mol. The van der Waals surface area contributed by atoms with Gasteiger partial charge in [0, 0.05) is 16.1 Å². The Labute approximate surface area is 201 Å². The van der Waals surface area contributed by atoms with Crippen LogP contribution in [-0.2, 0) is 14.4 Å². The number of nitrogens with zero attached hydrogens (tertiary/aromatic N) is 1. The van der Waals surface area contributed by atoms with E-state index in [0.29, 0.717) is 30.7 Å². The van der Waals surface area contributed by atoms with Crippen LogP contribution in [0.3, 0.4) is 0 Å². The Balaban J connectivity index is 1.49. The summed E-state index contributed by atoms with van der Waals surface area (Å²) in [6, 6.07) is 6.67. The van der Waals surface area contributed by atoms with Gasteiger partial charge >= 0.3 is 5.97 Å². The molecule has 31 heavy (non-hydrogen) atoms. The van der Waals surface area contributed by atoms with E-state index in [-0.39, 0.29) is 39.3 Å². The number of benzene rings is 1. The summed E-state index contributed by atoms with van der Waals surface area (Å²) < 4.78 is 5.41. The first kappa shape index (κ1) is 24.4. The minimum Gasteiger partial charge on any atom is -0.427 e. The second-order valence-corrected chi connectivity index (χ2v) is 10.9. The fourth-order valence-electron chi connectivity index (χ4n) is 4.42. The maximum atomic E-state index is 12.9. The van der Waals surface area contributed by atoms with Crippen molar-refractivity contribution in [3.8, 4) is 5.75 Å². The number of hydrogen-bond donors (Lipinski definition) is 0. The molecule has 0 bridgehead atoms. The normalized spacial score (nSPS) is 25.6. The summed E-state index contributed by atoms with van der Waals surface area (Å²) in [5.41, 5.74) is 0.536. The van der Waals surface area contributed by atoms with Gasteiger partial charge in [0.05, 0.1) is 17.5 Å². The largest absolute Gasteiger partial charge is 0.427 e. The number of rotatable bonds is 10. The summed E-state index contributed by atoms with van der Waals surface area (Å²) in [5, 5.41) is 0. The molecule has 0 unspecified atom stereocenters. The maximum Gasteiger partial charge on any atom is 0.311 e. The molecule has 2 amide bonds. The van der Waals surface area contributed by atoms with Crippen LogP contribution in [0.25, 0.3) is 0 Å². The summed E-state index contributed by atoms with van der Waals surface area (Å²) >= 11 is 7.21. The first-order valence-corrected chi connectivity index (χ1v) is 13.2. The lowest BCUT2D eigenvalue weighted by Gasteiger charge is -2.29. The first-order chi connectivity index (χ1) is 14.9. The van der Waals surface area contributed by atoms with Gasteiger partial charge in [-0.1, -0.05) is 77.3 Å². The average Bonchev–Trinajstić information content (AvgIpc) is 2.98. The SMILES string of the molecule is CCCCCCCCCC(=O)Oc1ccc(N2C(=O)[C@H]3C[C@H](Br)[C@@H](Br)C[C@H]3C2=O)cc1. The summed E-state index contributed by atoms with van der Waals surface area (Å²) in [6.45, 7) is 2.20. The van der Waals surface area contributed by atoms with E-state index in [4.69, 9.17) is 4.74 Å². The Morgan fingerprint density at radius 2 is 1.42 bits per heavy atom. The molecule has 1 aromatic rings. The summed E-state index contributed by atoms with van der Waals surface area (Å²) in [6.07, 6.45) is 9.76. The minimum absolute atomic E-state index is 0.137. The summed E-state index contributed by atoms with van der Waals surface area (Å²) in [4.78, 5) is 39.5. The predicted molar refractivity (Wildman–Crippen MR) is 129 cm³/mol. The highest BCUT2D eigenvalue weighted by atomic mass is 79.9. The zero-order valence-electron chi connectivity index (χ0n) is 18.0. The third-order valence-corrected chi connectivity index (χ3v) is 8.96. The number of halogens is 2. The molecule has 1 saturated heterocycles.